The molecule has 1 N–H and O–H groups in total. The van der Waals surface area contributed by atoms with Gasteiger partial charge in [0.1, 0.15) is 0 Å². The Morgan fingerprint density at radius 2 is 2.00 bits per heavy atom. The Morgan fingerprint density at radius 1 is 1.17 bits per heavy atom. The first-order valence-corrected chi connectivity index (χ1v) is 7.62. The standard InChI is InChI=1S/C13H7Br2NOS/c14-8-2-1-3-9-12(8)7(6-16-9)13(17)10-4-5-11(15)18-10/h1-6,16H. The number of thiophene rings is 1. The van der Waals surface area contributed by atoms with Gasteiger partial charge < -0.3 is 4.98 Å². The summed E-state index contributed by atoms with van der Waals surface area (Å²) in [5, 5.41) is 0.937. The van der Waals surface area contributed by atoms with E-state index in [1.54, 1.807) is 6.20 Å². The zero-order chi connectivity index (χ0) is 12.7. The Kier molecular flexibility index (Phi) is 3.13. The maximum Gasteiger partial charge on any atom is 0.205 e. The van der Waals surface area contributed by atoms with Crippen LogP contribution in [0.3, 0.4) is 0 Å². The monoisotopic (exact) mass is 383 g/mol. The molecule has 0 amide bonds. The minimum Gasteiger partial charge on any atom is -0.360 e. The molecule has 2 heterocycles. The van der Waals surface area contributed by atoms with Gasteiger partial charge in [0.2, 0.25) is 5.78 Å². The van der Waals surface area contributed by atoms with E-state index in [2.05, 4.69) is 36.8 Å². The Hall–Kier alpha value is -0.910. The minimum absolute atomic E-state index is 0.0452. The molecule has 0 unspecified atom stereocenters. The molecule has 0 aliphatic carbocycles. The van der Waals surface area contributed by atoms with Crippen LogP contribution in [0.5, 0.6) is 0 Å². The van der Waals surface area contributed by atoms with Crippen molar-refractivity contribution in [3.8, 4) is 0 Å². The Morgan fingerprint density at radius 3 is 2.72 bits per heavy atom. The van der Waals surface area contributed by atoms with Gasteiger partial charge in [-0.2, -0.15) is 0 Å². The van der Waals surface area contributed by atoms with Crippen molar-refractivity contribution in [1.82, 2.24) is 4.98 Å². The van der Waals surface area contributed by atoms with Crippen LogP contribution in [0.25, 0.3) is 10.9 Å². The summed E-state index contributed by atoms with van der Waals surface area (Å²) < 4.78 is 1.89. The summed E-state index contributed by atoms with van der Waals surface area (Å²) in [5.41, 5.74) is 1.66. The number of benzene rings is 1. The van der Waals surface area contributed by atoms with Crippen molar-refractivity contribution in [3.63, 3.8) is 0 Å². The first-order chi connectivity index (χ1) is 8.66. The number of rotatable bonds is 2. The number of aromatic nitrogens is 1. The second kappa shape index (κ2) is 4.64. The van der Waals surface area contributed by atoms with Gasteiger partial charge in [-0.3, -0.25) is 4.79 Å². The van der Waals surface area contributed by atoms with Gasteiger partial charge in [0.05, 0.1) is 8.66 Å². The summed E-state index contributed by atoms with van der Waals surface area (Å²) in [6, 6.07) is 9.58. The van der Waals surface area contributed by atoms with Gasteiger partial charge in [0.15, 0.2) is 0 Å². The summed E-state index contributed by atoms with van der Waals surface area (Å²) in [5.74, 6) is 0.0452. The van der Waals surface area contributed by atoms with Gasteiger partial charge in [0, 0.05) is 27.1 Å². The van der Waals surface area contributed by atoms with Crippen molar-refractivity contribution in [2.75, 3.05) is 0 Å². The molecule has 0 bridgehead atoms. The zero-order valence-corrected chi connectivity index (χ0v) is 13.0. The second-order valence-electron chi connectivity index (χ2n) is 3.80. The van der Waals surface area contributed by atoms with E-state index in [9.17, 15) is 4.79 Å². The molecule has 3 rings (SSSR count). The molecular formula is C13H7Br2NOS. The van der Waals surface area contributed by atoms with Crippen LogP contribution in [-0.4, -0.2) is 10.8 Å². The Balaban J connectivity index is 2.18. The fourth-order valence-corrected chi connectivity index (χ4v) is 3.81. The van der Waals surface area contributed by atoms with Crippen LogP contribution >= 0.6 is 43.2 Å². The van der Waals surface area contributed by atoms with E-state index in [0.29, 0.717) is 5.56 Å². The lowest BCUT2D eigenvalue weighted by atomic mass is 10.1. The molecular weight excluding hydrogens is 378 g/mol. The summed E-state index contributed by atoms with van der Waals surface area (Å²) in [6.45, 7) is 0. The minimum atomic E-state index is 0.0452. The van der Waals surface area contributed by atoms with E-state index < -0.39 is 0 Å². The first-order valence-electron chi connectivity index (χ1n) is 5.22. The number of carbonyl (C=O) groups excluding carboxylic acids is 1. The zero-order valence-electron chi connectivity index (χ0n) is 9.04. The molecule has 0 atom stereocenters. The summed E-state index contributed by atoms with van der Waals surface area (Å²) in [7, 11) is 0. The molecule has 18 heavy (non-hydrogen) atoms. The molecule has 90 valence electrons. The molecule has 0 saturated heterocycles. The molecule has 0 radical (unpaired) electrons. The van der Waals surface area contributed by atoms with Crippen molar-refractivity contribution in [1.29, 1.82) is 0 Å². The number of fused-ring (bicyclic) bond motifs is 1. The van der Waals surface area contributed by atoms with Crippen molar-refractivity contribution < 1.29 is 4.79 Å². The van der Waals surface area contributed by atoms with Gasteiger partial charge in [-0.1, -0.05) is 22.0 Å². The number of aromatic amines is 1. The molecule has 5 heteroatoms. The van der Waals surface area contributed by atoms with Crippen LogP contribution in [0.15, 0.2) is 44.8 Å². The van der Waals surface area contributed by atoms with Crippen molar-refractivity contribution in [3.05, 3.63) is 55.2 Å². The molecule has 0 spiro atoms. The quantitative estimate of drug-likeness (QED) is 0.620. The maximum atomic E-state index is 12.4. The summed E-state index contributed by atoms with van der Waals surface area (Å²) in [6.07, 6.45) is 1.77. The fraction of sp³-hybridized carbons (Fsp3) is 0. The van der Waals surface area contributed by atoms with E-state index in [4.69, 9.17) is 0 Å². The maximum absolute atomic E-state index is 12.4. The molecule has 0 saturated carbocycles. The molecule has 3 aromatic rings. The van der Waals surface area contributed by atoms with Crippen molar-refractivity contribution in [2.24, 2.45) is 0 Å². The molecule has 1 aromatic carbocycles. The van der Waals surface area contributed by atoms with Crippen LogP contribution in [0.4, 0.5) is 0 Å². The topological polar surface area (TPSA) is 32.9 Å². The highest BCUT2D eigenvalue weighted by Crippen LogP contribution is 2.31. The number of halogens is 2. The lowest BCUT2D eigenvalue weighted by Gasteiger charge is -1.98. The smallest absolute Gasteiger partial charge is 0.205 e. The second-order valence-corrected chi connectivity index (χ2v) is 7.11. The number of ketones is 1. The van der Waals surface area contributed by atoms with Crippen LogP contribution < -0.4 is 0 Å². The average Bonchev–Trinajstić information content (AvgIpc) is 2.95. The van der Waals surface area contributed by atoms with Gasteiger partial charge in [0.25, 0.3) is 0 Å². The number of hydrogen-bond donors (Lipinski definition) is 1. The number of H-pyrrole nitrogens is 1. The van der Waals surface area contributed by atoms with E-state index in [-0.39, 0.29) is 5.78 Å². The van der Waals surface area contributed by atoms with Gasteiger partial charge in [-0.25, -0.2) is 0 Å². The normalized spacial score (nSPS) is 11.0. The molecule has 0 fully saturated rings. The molecule has 2 aromatic heterocycles. The van der Waals surface area contributed by atoms with Gasteiger partial charge in [-0.05, 0) is 40.2 Å². The molecule has 2 nitrogen and oxygen atoms in total. The number of nitrogens with one attached hydrogen (secondary N) is 1. The van der Waals surface area contributed by atoms with Crippen molar-refractivity contribution in [2.45, 2.75) is 0 Å². The molecule has 0 aliphatic heterocycles. The van der Waals surface area contributed by atoms with E-state index in [0.717, 1.165) is 24.0 Å². The van der Waals surface area contributed by atoms with E-state index >= 15 is 0 Å². The first kappa shape index (κ1) is 12.1. The van der Waals surface area contributed by atoms with Crippen LogP contribution in [-0.2, 0) is 0 Å². The third-order valence-electron chi connectivity index (χ3n) is 2.70. The van der Waals surface area contributed by atoms with Crippen molar-refractivity contribution >= 4 is 59.9 Å². The summed E-state index contributed by atoms with van der Waals surface area (Å²) >= 11 is 8.32. The third-order valence-corrected chi connectivity index (χ3v) is 4.98. The van der Waals surface area contributed by atoms with E-state index in [1.807, 2.05) is 30.3 Å². The predicted molar refractivity (Wildman–Crippen MR) is 81.5 cm³/mol. The largest absolute Gasteiger partial charge is 0.360 e. The van der Waals surface area contributed by atoms with Crippen LogP contribution in [0.1, 0.15) is 15.2 Å². The third kappa shape index (κ3) is 1.96. The highest BCUT2D eigenvalue weighted by atomic mass is 79.9. The van der Waals surface area contributed by atoms with Crippen LogP contribution in [0, 0.1) is 0 Å². The van der Waals surface area contributed by atoms with E-state index in [1.165, 1.54) is 11.3 Å². The fourth-order valence-electron chi connectivity index (χ4n) is 1.89. The lowest BCUT2D eigenvalue weighted by Crippen LogP contribution is -1.97. The summed E-state index contributed by atoms with van der Waals surface area (Å²) in [4.78, 5) is 16.3. The van der Waals surface area contributed by atoms with Crippen LogP contribution in [0.2, 0.25) is 0 Å². The lowest BCUT2D eigenvalue weighted by molar-refractivity contribution is 0.104. The Labute approximate surface area is 124 Å². The van der Waals surface area contributed by atoms with Gasteiger partial charge >= 0.3 is 0 Å². The predicted octanol–water partition coefficient (Wildman–Crippen LogP) is 4.99. The highest BCUT2D eigenvalue weighted by molar-refractivity contribution is 9.11. The van der Waals surface area contributed by atoms with Gasteiger partial charge in [-0.15, -0.1) is 11.3 Å². The number of carbonyl (C=O) groups is 1. The highest BCUT2D eigenvalue weighted by Gasteiger charge is 2.17. The SMILES string of the molecule is O=C(c1ccc(Br)s1)c1c[nH]c2cccc(Br)c12. The Bertz CT molecular complexity index is 744. The molecule has 0 aliphatic rings. The average molecular weight is 385 g/mol. The number of hydrogen-bond acceptors (Lipinski definition) is 2.